The fourth-order valence-corrected chi connectivity index (χ4v) is 2.43. The lowest BCUT2D eigenvalue weighted by molar-refractivity contribution is 0.0899. The molecular weight excluding hydrogens is 258 g/mol. The van der Waals surface area contributed by atoms with Gasteiger partial charge in [0.2, 0.25) is 0 Å². The van der Waals surface area contributed by atoms with Gasteiger partial charge in [-0.05, 0) is 35.5 Å². The molecule has 19 heavy (non-hydrogen) atoms. The Kier molecular flexibility index (Phi) is 4.61. The molecule has 1 aromatic heterocycles. The van der Waals surface area contributed by atoms with Gasteiger partial charge in [-0.1, -0.05) is 13.0 Å². The van der Waals surface area contributed by atoms with Gasteiger partial charge in [-0.3, -0.25) is 9.78 Å². The Balaban J connectivity index is 2.11. The Morgan fingerprint density at radius 3 is 2.89 bits per heavy atom. The van der Waals surface area contributed by atoms with Gasteiger partial charge < -0.3 is 11.1 Å². The highest BCUT2D eigenvalue weighted by molar-refractivity contribution is 7.88. The zero-order valence-corrected chi connectivity index (χ0v) is 11.7. The number of thiol groups is 1. The van der Waals surface area contributed by atoms with E-state index in [1.54, 1.807) is 17.7 Å². The van der Waals surface area contributed by atoms with E-state index in [2.05, 4.69) is 29.5 Å². The van der Waals surface area contributed by atoms with E-state index in [9.17, 15) is 4.79 Å². The lowest BCUT2D eigenvalue weighted by Crippen LogP contribution is -2.47. The van der Waals surface area contributed by atoms with Crippen molar-refractivity contribution in [2.45, 2.75) is 25.3 Å². The van der Waals surface area contributed by atoms with Crippen molar-refractivity contribution in [3.63, 3.8) is 0 Å². The molecule has 1 aromatic rings. The van der Waals surface area contributed by atoms with Crippen LogP contribution in [0.5, 0.6) is 0 Å². The molecule has 102 valence electrons. The zero-order chi connectivity index (χ0) is 13.8. The summed E-state index contributed by atoms with van der Waals surface area (Å²) in [6.07, 6.45) is 5.11. The van der Waals surface area contributed by atoms with Crippen molar-refractivity contribution < 1.29 is 4.79 Å². The van der Waals surface area contributed by atoms with Gasteiger partial charge in [0.05, 0.1) is 0 Å². The molecule has 1 unspecified atom stereocenters. The number of aromatic nitrogens is 1. The third-order valence-electron chi connectivity index (χ3n) is 3.69. The molecule has 1 fully saturated rings. The predicted molar refractivity (Wildman–Crippen MR) is 80.1 cm³/mol. The number of carbonyl (C=O) groups is 1. The minimum absolute atomic E-state index is 0.0485. The van der Waals surface area contributed by atoms with Gasteiger partial charge in [0.25, 0.3) is 5.91 Å². The van der Waals surface area contributed by atoms with Crippen LogP contribution < -0.4 is 21.5 Å². The fraction of sp³-hybridized carbons (Fsp3) is 0.429. The summed E-state index contributed by atoms with van der Waals surface area (Å²) < 4.78 is 0. The number of nitrogens with two attached hydrogens (primary N) is 1. The van der Waals surface area contributed by atoms with Gasteiger partial charge in [0, 0.05) is 24.0 Å². The molecule has 0 radical (unpaired) electrons. The Morgan fingerprint density at radius 2 is 2.42 bits per heavy atom. The maximum absolute atomic E-state index is 12.1. The third-order valence-corrected chi connectivity index (χ3v) is 3.96. The summed E-state index contributed by atoms with van der Waals surface area (Å²) in [7, 11) is 0. The second-order valence-corrected chi connectivity index (χ2v) is 5.16. The summed E-state index contributed by atoms with van der Waals surface area (Å²) in [5, 5.41) is 6.14. The summed E-state index contributed by atoms with van der Waals surface area (Å²) in [6, 6.07) is 1.72. The van der Waals surface area contributed by atoms with E-state index in [0.717, 1.165) is 23.3 Å². The summed E-state index contributed by atoms with van der Waals surface area (Å²) in [6.45, 7) is 4.34. The summed E-state index contributed by atoms with van der Waals surface area (Å²) in [4.78, 5) is 16.3. The van der Waals surface area contributed by atoms with E-state index in [-0.39, 0.29) is 11.9 Å². The number of nitrogens with zero attached hydrogens (tertiary/aromatic N) is 1. The largest absolute Gasteiger partial charge is 0.346 e. The summed E-state index contributed by atoms with van der Waals surface area (Å²) in [5.74, 6) is 0.330. The summed E-state index contributed by atoms with van der Waals surface area (Å²) >= 11 is 4.06. The van der Waals surface area contributed by atoms with Crippen LogP contribution in [-0.2, 0) is 0 Å². The van der Waals surface area contributed by atoms with Crippen LogP contribution in [0, 0.1) is 5.92 Å². The molecule has 4 nitrogen and oxygen atoms in total. The first kappa shape index (κ1) is 14.1. The number of rotatable bonds is 4. The minimum Gasteiger partial charge on any atom is -0.346 e. The SMILES string of the molecule is C=c1cc(C(=O)NC(CN)C2CCC2)nc/c1=C/S. The molecule has 3 N–H and O–H groups in total. The van der Waals surface area contributed by atoms with E-state index < -0.39 is 0 Å². The van der Waals surface area contributed by atoms with Crippen molar-refractivity contribution in [3.8, 4) is 0 Å². The summed E-state index contributed by atoms with van der Waals surface area (Å²) in [5.41, 5.74) is 6.10. The number of hydrogen-bond donors (Lipinski definition) is 3. The van der Waals surface area contributed by atoms with Crippen LogP contribution in [-0.4, -0.2) is 23.5 Å². The molecule has 1 amide bonds. The van der Waals surface area contributed by atoms with E-state index in [4.69, 9.17) is 5.73 Å². The Hall–Kier alpha value is -1.33. The minimum atomic E-state index is -0.182. The zero-order valence-electron chi connectivity index (χ0n) is 10.8. The molecule has 1 saturated carbocycles. The van der Waals surface area contributed by atoms with Gasteiger partial charge in [0.1, 0.15) is 5.69 Å². The van der Waals surface area contributed by atoms with Crippen LogP contribution >= 0.6 is 12.6 Å². The van der Waals surface area contributed by atoms with Gasteiger partial charge in [-0.2, -0.15) is 12.6 Å². The van der Waals surface area contributed by atoms with E-state index in [1.165, 1.54) is 6.42 Å². The smallest absolute Gasteiger partial charge is 0.270 e. The van der Waals surface area contributed by atoms with Gasteiger partial charge in [-0.15, -0.1) is 0 Å². The highest BCUT2D eigenvalue weighted by Gasteiger charge is 2.27. The predicted octanol–water partition coefficient (Wildman–Crippen LogP) is 0.0169. The number of nitrogens with one attached hydrogen (secondary N) is 1. The number of amides is 1. The van der Waals surface area contributed by atoms with Crippen molar-refractivity contribution in [2.75, 3.05) is 6.54 Å². The van der Waals surface area contributed by atoms with Gasteiger partial charge in [0.15, 0.2) is 0 Å². The molecule has 0 aromatic carbocycles. The average Bonchev–Trinajstić information content (AvgIpc) is 2.35. The lowest BCUT2D eigenvalue weighted by Gasteiger charge is -2.33. The molecule has 2 rings (SSSR count). The van der Waals surface area contributed by atoms with E-state index in [1.807, 2.05) is 0 Å². The first-order valence-electron chi connectivity index (χ1n) is 6.46. The van der Waals surface area contributed by atoms with Crippen molar-refractivity contribution >= 4 is 30.5 Å². The number of hydrogen-bond acceptors (Lipinski definition) is 4. The second kappa shape index (κ2) is 6.21. The molecular formula is C14H19N3OS. The highest BCUT2D eigenvalue weighted by atomic mass is 32.1. The standard InChI is InChI=1S/C14H19N3OS/c1-9-5-12(16-7-11(9)8-19)14(18)17-13(6-15)10-3-2-4-10/h5,7-8,10,13,19H,1-4,6,15H2,(H,17,18)/b11-8-. The maximum atomic E-state index is 12.1. The van der Waals surface area contributed by atoms with Crippen LogP contribution in [0.3, 0.4) is 0 Å². The van der Waals surface area contributed by atoms with Gasteiger partial charge in [-0.25, -0.2) is 0 Å². The molecule has 1 aliphatic rings. The second-order valence-electron chi connectivity index (χ2n) is 4.90. The molecule has 0 saturated heterocycles. The van der Waals surface area contributed by atoms with Crippen molar-refractivity contribution in [2.24, 2.45) is 11.7 Å². The van der Waals surface area contributed by atoms with Crippen molar-refractivity contribution in [1.82, 2.24) is 10.3 Å². The van der Waals surface area contributed by atoms with Crippen LogP contribution in [0.2, 0.25) is 0 Å². The Morgan fingerprint density at radius 1 is 1.68 bits per heavy atom. The van der Waals surface area contributed by atoms with Crippen LogP contribution in [0.15, 0.2) is 12.3 Å². The molecule has 1 atom stereocenters. The van der Waals surface area contributed by atoms with E-state index >= 15 is 0 Å². The first-order chi connectivity index (χ1) is 9.15. The quantitative estimate of drug-likeness (QED) is 0.680. The fourth-order valence-electron chi connectivity index (χ4n) is 2.20. The monoisotopic (exact) mass is 277 g/mol. The molecule has 0 bridgehead atoms. The van der Waals surface area contributed by atoms with Crippen molar-refractivity contribution in [3.05, 3.63) is 28.4 Å². The topological polar surface area (TPSA) is 68.0 Å². The average molecular weight is 277 g/mol. The molecule has 0 aliphatic heterocycles. The highest BCUT2D eigenvalue weighted by Crippen LogP contribution is 2.29. The van der Waals surface area contributed by atoms with E-state index in [0.29, 0.717) is 18.2 Å². The van der Waals surface area contributed by atoms with Crippen LogP contribution in [0.25, 0.3) is 12.0 Å². The maximum Gasteiger partial charge on any atom is 0.270 e. The van der Waals surface area contributed by atoms with Crippen LogP contribution in [0.4, 0.5) is 0 Å². The number of pyridine rings is 1. The van der Waals surface area contributed by atoms with Crippen molar-refractivity contribution in [1.29, 1.82) is 0 Å². The van der Waals surface area contributed by atoms with Gasteiger partial charge >= 0.3 is 0 Å². The van der Waals surface area contributed by atoms with Crippen LogP contribution in [0.1, 0.15) is 29.8 Å². The molecule has 1 aliphatic carbocycles. The molecule has 5 heteroatoms. The first-order valence-corrected chi connectivity index (χ1v) is 6.97. The molecule has 0 spiro atoms. The Labute approximate surface area is 118 Å². The number of carbonyl (C=O) groups excluding carboxylic acids is 1. The normalized spacial score (nSPS) is 17.9. The lowest BCUT2D eigenvalue weighted by atomic mass is 9.79. The molecule has 1 heterocycles. The third kappa shape index (κ3) is 3.16. The Bertz CT molecular complexity index is 569.